The van der Waals surface area contributed by atoms with Crippen molar-refractivity contribution in [2.75, 3.05) is 16.4 Å². The first-order valence-corrected chi connectivity index (χ1v) is 12.5. The molecule has 2 heterocycles. The number of para-hydroxylation sites is 1. The molecule has 13 heteroatoms. The highest BCUT2D eigenvalue weighted by atomic mass is 32.2. The zero-order chi connectivity index (χ0) is 24.8. The molecule has 0 aliphatic heterocycles. The molecule has 4 aromatic rings. The Labute approximate surface area is 209 Å². The number of rotatable bonds is 10. The Kier molecular flexibility index (Phi) is 7.67. The van der Waals surface area contributed by atoms with Gasteiger partial charge in [0.15, 0.2) is 11.0 Å². The number of thioether (sulfide) groups is 1. The van der Waals surface area contributed by atoms with E-state index in [0.717, 1.165) is 22.7 Å². The standard InChI is InChI=1S/C22H22N8O3S2/c1-3-20-26-27-21(35-20)24-19(31)13-34-22-28-25-18(29(22)15-7-5-4-6-8-15)12-23-17-11-16(30(32)33)10-9-14(17)2/h4-11,23H,3,12-13H2,1-2H3,(H,24,27,31). The number of amides is 1. The van der Waals surface area contributed by atoms with Crippen LogP contribution < -0.4 is 10.6 Å². The molecular formula is C22H22N8O3S2. The molecule has 1 amide bonds. The smallest absolute Gasteiger partial charge is 0.271 e. The summed E-state index contributed by atoms with van der Waals surface area (Å²) in [6.45, 7) is 4.13. The van der Waals surface area contributed by atoms with E-state index in [0.29, 0.717) is 21.8 Å². The average molecular weight is 511 g/mol. The Bertz CT molecular complexity index is 1340. The highest BCUT2D eigenvalue weighted by molar-refractivity contribution is 7.99. The SMILES string of the molecule is CCc1nnc(NC(=O)CSc2nnc(CNc3cc([N+](=O)[O-])ccc3C)n2-c2ccccc2)s1. The van der Waals surface area contributed by atoms with Crippen molar-refractivity contribution in [1.82, 2.24) is 25.0 Å². The highest BCUT2D eigenvalue weighted by Crippen LogP contribution is 2.25. The number of nitrogens with zero attached hydrogens (tertiary/aromatic N) is 6. The minimum absolute atomic E-state index is 0.00590. The Morgan fingerprint density at radius 1 is 1.14 bits per heavy atom. The van der Waals surface area contributed by atoms with Crippen LogP contribution in [0.5, 0.6) is 0 Å². The first kappa shape index (κ1) is 24.3. The number of nitro benzene ring substituents is 1. The number of anilines is 2. The molecule has 0 radical (unpaired) electrons. The fourth-order valence-corrected chi connectivity index (χ4v) is 4.63. The molecule has 0 spiro atoms. The quantitative estimate of drug-likeness (QED) is 0.182. The molecule has 2 aromatic heterocycles. The van der Waals surface area contributed by atoms with Gasteiger partial charge in [-0.15, -0.1) is 20.4 Å². The first-order chi connectivity index (χ1) is 16.9. The van der Waals surface area contributed by atoms with Gasteiger partial charge in [0.25, 0.3) is 5.69 Å². The number of hydrogen-bond donors (Lipinski definition) is 2. The van der Waals surface area contributed by atoms with Crippen LogP contribution in [0.25, 0.3) is 5.69 Å². The predicted molar refractivity (Wildman–Crippen MR) is 135 cm³/mol. The van der Waals surface area contributed by atoms with Crippen LogP contribution in [0.2, 0.25) is 0 Å². The second kappa shape index (κ2) is 11.1. The van der Waals surface area contributed by atoms with Crippen molar-refractivity contribution < 1.29 is 9.72 Å². The Morgan fingerprint density at radius 2 is 1.94 bits per heavy atom. The number of aromatic nitrogens is 5. The van der Waals surface area contributed by atoms with Gasteiger partial charge in [0.2, 0.25) is 11.0 Å². The van der Waals surface area contributed by atoms with Crippen LogP contribution in [-0.4, -0.2) is 41.5 Å². The van der Waals surface area contributed by atoms with Gasteiger partial charge in [-0.25, -0.2) is 0 Å². The van der Waals surface area contributed by atoms with Gasteiger partial charge >= 0.3 is 0 Å². The largest absolute Gasteiger partial charge is 0.377 e. The van der Waals surface area contributed by atoms with Crippen LogP contribution >= 0.6 is 23.1 Å². The lowest BCUT2D eigenvalue weighted by atomic mass is 10.2. The molecule has 4 rings (SSSR count). The number of non-ortho nitro benzene ring substituents is 1. The molecule has 0 fully saturated rings. The van der Waals surface area contributed by atoms with Crippen molar-refractivity contribution >= 4 is 45.5 Å². The maximum atomic E-state index is 12.5. The lowest BCUT2D eigenvalue weighted by Crippen LogP contribution is -2.15. The number of aryl methyl sites for hydroxylation is 2. The third kappa shape index (κ3) is 6.00. The molecule has 0 saturated heterocycles. The molecule has 180 valence electrons. The van der Waals surface area contributed by atoms with Gasteiger partial charge in [-0.3, -0.25) is 24.8 Å². The number of nitrogens with one attached hydrogen (secondary N) is 2. The van der Waals surface area contributed by atoms with Gasteiger partial charge in [0.1, 0.15) is 5.01 Å². The molecule has 0 atom stereocenters. The third-order valence-electron chi connectivity index (χ3n) is 4.93. The minimum atomic E-state index is -0.429. The maximum absolute atomic E-state index is 12.5. The van der Waals surface area contributed by atoms with Crippen molar-refractivity contribution in [3.05, 3.63) is 75.0 Å². The topological polar surface area (TPSA) is 141 Å². The summed E-state index contributed by atoms with van der Waals surface area (Å²) in [7, 11) is 0. The number of benzene rings is 2. The van der Waals surface area contributed by atoms with Gasteiger partial charge < -0.3 is 5.32 Å². The second-order valence-corrected chi connectivity index (χ2v) is 9.38. The minimum Gasteiger partial charge on any atom is -0.377 e. The summed E-state index contributed by atoms with van der Waals surface area (Å²) >= 11 is 2.60. The van der Waals surface area contributed by atoms with E-state index in [1.165, 1.54) is 35.2 Å². The maximum Gasteiger partial charge on any atom is 0.271 e. The normalized spacial score (nSPS) is 10.8. The van der Waals surface area contributed by atoms with E-state index in [2.05, 4.69) is 31.0 Å². The average Bonchev–Trinajstić information content (AvgIpc) is 3.49. The Morgan fingerprint density at radius 3 is 2.66 bits per heavy atom. The Hall–Kier alpha value is -3.84. The molecule has 0 unspecified atom stereocenters. The molecule has 0 aliphatic rings. The number of carbonyl (C=O) groups is 1. The van der Waals surface area contributed by atoms with E-state index in [1.54, 1.807) is 6.07 Å². The molecule has 2 N–H and O–H groups in total. The monoisotopic (exact) mass is 510 g/mol. The van der Waals surface area contributed by atoms with Crippen LogP contribution in [0.15, 0.2) is 53.7 Å². The number of nitro groups is 1. The van der Waals surface area contributed by atoms with Gasteiger partial charge in [-0.2, -0.15) is 0 Å². The van der Waals surface area contributed by atoms with Gasteiger partial charge in [-0.05, 0) is 31.0 Å². The van der Waals surface area contributed by atoms with Crippen molar-refractivity contribution in [3.63, 3.8) is 0 Å². The Balaban J connectivity index is 1.51. The van der Waals surface area contributed by atoms with Crippen LogP contribution in [0.3, 0.4) is 0 Å². The van der Waals surface area contributed by atoms with Gasteiger partial charge in [-0.1, -0.05) is 54.3 Å². The van der Waals surface area contributed by atoms with Crippen LogP contribution in [0.1, 0.15) is 23.3 Å². The third-order valence-corrected chi connectivity index (χ3v) is 6.84. The molecule has 2 aromatic carbocycles. The van der Waals surface area contributed by atoms with Gasteiger partial charge in [0, 0.05) is 23.5 Å². The summed E-state index contributed by atoms with van der Waals surface area (Å²) in [4.78, 5) is 23.2. The van der Waals surface area contributed by atoms with E-state index in [9.17, 15) is 14.9 Å². The fourth-order valence-electron chi connectivity index (χ4n) is 3.17. The summed E-state index contributed by atoms with van der Waals surface area (Å²) in [5, 5.41) is 35.6. The lowest BCUT2D eigenvalue weighted by molar-refractivity contribution is -0.384. The van der Waals surface area contributed by atoms with Crippen LogP contribution in [0, 0.1) is 17.0 Å². The van der Waals surface area contributed by atoms with Crippen molar-refractivity contribution in [2.24, 2.45) is 0 Å². The zero-order valence-electron chi connectivity index (χ0n) is 19.0. The summed E-state index contributed by atoms with van der Waals surface area (Å²) in [5.41, 5.74) is 2.35. The van der Waals surface area contributed by atoms with E-state index in [1.807, 2.05) is 48.7 Å². The van der Waals surface area contributed by atoms with E-state index in [4.69, 9.17) is 0 Å². The van der Waals surface area contributed by atoms with E-state index >= 15 is 0 Å². The van der Waals surface area contributed by atoms with Crippen molar-refractivity contribution in [3.8, 4) is 5.69 Å². The predicted octanol–water partition coefficient (Wildman–Crippen LogP) is 4.24. The molecular weight excluding hydrogens is 488 g/mol. The lowest BCUT2D eigenvalue weighted by Gasteiger charge is -2.12. The molecule has 0 saturated carbocycles. The summed E-state index contributed by atoms with van der Waals surface area (Å²) in [5.74, 6) is 0.494. The molecule has 0 aliphatic carbocycles. The number of hydrogen-bond acceptors (Lipinski definition) is 10. The van der Waals surface area contributed by atoms with Crippen molar-refractivity contribution in [2.45, 2.75) is 32.0 Å². The summed E-state index contributed by atoms with van der Waals surface area (Å²) in [6, 6.07) is 14.2. The van der Waals surface area contributed by atoms with E-state index in [-0.39, 0.29) is 23.9 Å². The highest BCUT2D eigenvalue weighted by Gasteiger charge is 2.17. The zero-order valence-corrected chi connectivity index (χ0v) is 20.6. The van der Waals surface area contributed by atoms with Gasteiger partial charge in [0.05, 0.1) is 17.2 Å². The molecule has 0 bridgehead atoms. The van der Waals surface area contributed by atoms with Crippen LogP contribution in [-0.2, 0) is 17.8 Å². The van der Waals surface area contributed by atoms with Crippen molar-refractivity contribution in [1.29, 1.82) is 0 Å². The fraction of sp³-hybridized carbons (Fsp3) is 0.227. The molecule has 35 heavy (non-hydrogen) atoms. The summed E-state index contributed by atoms with van der Waals surface area (Å²) in [6.07, 6.45) is 0.759. The first-order valence-electron chi connectivity index (χ1n) is 10.7. The van der Waals surface area contributed by atoms with Crippen LogP contribution in [0.4, 0.5) is 16.5 Å². The van der Waals surface area contributed by atoms with E-state index < -0.39 is 4.92 Å². The molecule has 11 nitrogen and oxygen atoms in total. The number of carbonyl (C=O) groups excluding carboxylic acids is 1. The second-order valence-electron chi connectivity index (χ2n) is 7.37. The summed E-state index contributed by atoms with van der Waals surface area (Å²) < 4.78 is 1.86.